The van der Waals surface area contributed by atoms with E-state index in [1.807, 2.05) is 24.3 Å². The number of ether oxygens (including phenoxy) is 3. The van der Waals surface area contributed by atoms with E-state index in [0.29, 0.717) is 11.7 Å². The van der Waals surface area contributed by atoms with E-state index in [-0.39, 0.29) is 42.5 Å². The van der Waals surface area contributed by atoms with Gasteiger partial charge in [0.1, 0.15) is 5.75 Å². The third-order valence-electron chi connectivity index (χ3n) is 5.32. The topological polar surface area (TPSA) is 105 Å². The van der Waals surface area contributed by atoms with Gasteiger partial charge in [-0.05, 0) is 61.1 Å². The van der Waals surface area contributed by atoms with E-state index in [1.165, 1.54) is 41.5 Å². The van der Waals surface area contributed by atoms with Crippen molar-refractivity contribution < 1.29 is 40.8 Å². The number of halogens is 2. The molecule has 0 saturated heterocycles. The SMILES string of the molecule is O=C1C(Oc2ccc(C3CC3)cc2)=CCN1c1ccc(OCCCS(=O)(=O)[O-])c(OC(F)F)c1. The van der Waals surface area contributed by atoms with Crippen molar-refractivity contribution in [3.05, 3.63) is 59.9 Å². The average Bonchev–Trinajstić information content (AvgIpc) is 3.56. The Morgan fingerprint density at radius 3 is 2.47 bits per heavy atom. The van der Waals surface area contributed by atoms with E-state index < -0.39 is 28.4 Å². The molecule has 1 aliphatic heterocycles. The highest BCUT2D eigenvalue weighted by molar-refractivity contribution is 7.85. The maximum Gasteiger partial charge on any atom is 0.387 e. The third-order valence-corrected chi connectivity index (χ3v) is 6.11. The highest BCUT2D eigenvalue weighted by Gasteiger charge is 2.29. The van der Waals surface area contributed by atoms with Gasteiger partial charge in [0.05, 0.1) is 16.7 Å². The molecular weight excluding hydrogens is 472 g/mol. The van der Waals surface area contributed by atoms with Crippen molar-refractivity contribution in [2.24, 2.45) is 0 Å². The molecule has 0 radical (unpaired) electrons. The first-order valence-corrected chi connectivity index (χ1v) is 12.2. The molecule has 0 bridgehead atoms. The summed E-state index contributed by atoms with van der Waals surface area (Å²) < 4.78 is 73.4. The van der Waals surface area contributed by atoms with Crippen LogP contribution in [0.1, 0.15) is 30.7 Å². The van der Waals surface area contributed by atoms with Crippen LogP contribution in [0.4, 0.5) is 14.5 Å². The van der Waals surface area contributed by atoms with Crippen LogP contribution in [0.5, 0.6) is 17.2 Å². The lowest BCUT2D eigenvalue weighted by atomic mass is 10.1. The molecule has 8 nitrogen and oxygen atoms in total. The predicted octanol–water partition coefficient (Wildman–Crippen LogP) is 3.79. The van der Waals surface area contributed by atoms with E-state index in [9.17, 15) is 26.5 Å². The van der Waals surface area contributed by atoms with Crippen molar-refractivity contribution in [2.75, 3.05) is 23.8 Å². The van der Waals surface area contributed by atoms with Crippen molar-refractivity contribution in [3.63, 3.8) is 0 Å². The van der Waals surface area contributed by atoms with Crippen LogP contribution in [0.3, 0.4) is 0 Å². The molecular formula is C23H22F2NO7S-. The second-order valence-corrected chi connectivity index (χ2v) is 9.43. The molecule has 0 aromatic heterocycles. The summed E-state index contributed by atoms with van der Waals surface area (Å²) in [4.78, 5) is 14.2. The number of carbonyl (C=O) groups excluding carboxylic acids is 1. The fourth-order valence-electron chi connectivity index (χ4n) is 3.53. The minimum Gasteiger partial charge on any atom is -0.748 e. The van der Waals surface area contributed by atoms with E-state index in [0.717, 1.165) is 0 Å². The van der Waals surface area contributed by atoms with Gasteiger partial charge in [0.25, 0.3) is 5.91 Å². The van der Waals surface area contributed by atoms with Gasteiger partial charge in [0.2, 0.25) is 0 Å². The Morgan fingerprint density at radius 1 is 1.09 bits per heavy atom. The standard InChI is InChI=1S/C23H23F2NO7S/c24-23(25)33-21-14-17(6-9-19(21)31-12-1-13-34(28,29)30)26-11-10-20(22(26)27)32-18-7-4-16(5-8-18)15-2-3-15/h4-10,14-15,23H,1-3,11-13H2,(H,28,29,30)/p-1. The zero-order valence-corrected chi connectivity index (χ0v) is 18.8. The van der Waals surface area contributed by atoms with Gasteiger partial charge >= 0.3 is 6.61 Å². The normalized spacial score (nSPS) is 16.1. The summed E-state index contributed by atoms with van der Waals surface area (Å²) >= 11 is 0. The minimum absolute atomic E-state index is 0.0702. The molecule has 1 fully saturated rings. The van der Waals surface area contributed by atoms with Gasteiger partial charge < -0.3 is 23.7 Å². The summed E-state index contributed by atoms with van der Waals surface area (Å²) in [6.45, 7) is -3.17. The quantitative estimate of drug-likeness (QED) is 0.346. The summed E-state index contributed by atoms with van der Waals surface area (Å²) in [5, 5.41) is 0. The Morgan fingerprint density at radius 2 is 1.82 bits per heavy atom. The Labute approximate surface area is 195 Å². The highest BCUT2D eigenvalue weighted by atomic mass is 32.2. The predicted molar refractivity (Wildman–Crippen MR) is 117 cm³/mol. The molecule has 0 spiro atoms. The highest BCUT2D eigenvalue weighted by Crippen LogP contribution is 2.40. The van der Waals surface area contributed by atoms with Crippen LogP contribution >= 0.6 is 0 Å². The molecule has 0 N–H and O–H groups in total. The van der Waals surface area contributed by atoms with Crippen LogP contribution in [0.2, 0.25) is 0 Å². The number of anilines is 1. The van der Waals surface area contributed by atoms with Gasteiger partial charge in [-0.1, -0.05) is 12.1 Å². The molecule has 2 aromatic carbocycles. The van der Waals surface area contributed by atoms with Crippen molar-refractivity contribution >= 4 is 21.7 Å². The van der Waals surface area contributed by atoms with Crippen LogP contribution in [-0.4, -0.2) is 44.4 Å². The zero-order valence-electron chi connectivity index (χ0n) is 18.0. The number of hydrogen-bond acceptors (Lipinski definition) is 7. The van der Waals surface area contributed by atoms with Crippen molar-refractivity contribution in [3.8, 4) is 17.2 Å². The molecule has 1 saturated carbocycles. The van der Waals surface area contributed by atoms with Crippen LogP contribution in [-0.2, 0) is 14.9 Å². The van der Waals surface area contributed by atoms with Crippen molar-refractivity contribution in [2.45, 2.75) is 31.8 Å². The monoisotopic (exact) mass is 494 g/mol. The lowest BCUT2D eigenvalue weighted by Crippen LogP contribution is -2.27. The van der Waals surface area contributed by atoms with Gasteiger partial charge in [-0.2, -0.15) is 8.78 Å². The van der Waals surface area contributed by atoms with Crippen LogP contribution < -0.4 is 19.1 Å². The fourth-order valence-corrected chi connectivity index (χ4v) is 4.00. The second kappa shape index (κ2) is 9.98. The lowest BCUT2D eigenvalue weighted by molar-refractivity contribution is -0.116. The van der Waals surface area contributed by atoms with Gasteiger partial charge in [0.15, 0.2) is 17.3 Å². The first-order valence-electron chi connectivity index (χ1n) is 10.6. The Hall–Kier alpha value is -3.18. The number of alkyl halides is 2. The van der Waals surface area contributed by atoms with Crippen LogP contribution in [0, 0.1) is 0 Å². The maximum absolute atomic E-state index is 12.9. The maximum atomic E-state index is 12.9. The molecule has 1 heterocycles. The summed E-state index contributed by atoms with van der Waals surface area (Å²) in [6, 6.07) is 11.6. The second-order valence-electron chi connectivity index (χ2n) is 7.90. The number of hydrogen-bond donors (Lipinski definition) is 0. The molecule has 34 heavy (non-hydrogen) atoms. The number of benzene rings is 2. The molecule has 1 amide bonds. The number of carbonyl (C=O) groups is 1. The molecule has 182 valence electrons. The lowest BCUT2D eigenvalue weighted by Gasteiger charge is -2.19. The minimum atomic E-state index is -4.41. The summed E-state index contributed by atoms with van der Waals surface area (Å²) in [7, 11) is -4.41. The van der Waals surface area contributed by atoms with E-state index >= 15 is 0 Å². The summed E-state index contributed by atoms with van der Waals surface area (Å²) in [6.07, 6.45) is 3.85. The molecule has 1 aliphatic carbocycles. The molecule has 4 rings (SSSR count). The molecule has 0 unspecified atom stereocenters. The van der Waals surface area contributed by atoms with Gasteiger partial charge in [-0.25, -0.2) is 8.42 Å². The fraction of sp³-hybridized carbons (Fsp3) is 0.348. The van der Waals surface area contributed by atoms with Crippen molar-refractivity contribution in [1.29, 1.82) is 0 Å². The first-order chi connectivity index (χ1) is 16.2. The zero-order chi connectivity index (χ0) is 24.3. The Bertz CT molecular complexity index is 1180. The van der Waals surface area contributed by atoms with E-state index in [1.54, 1.807) is 6.08 Å². The van der Waals surface area contributed by atoms with Crippen LogP contribution in [0.15, 0.2) is 54.3 Å². The molecule has 2 aliphatic rings. The Kier molecular flexibility index (Phi) is 7.03. The number of nitrogens with zero attached hydrogens (tertiary/aromatic N) is 1. The third kappa shape index (κ3) is 6.23. The molecule has 2 aromatic rings. The van der Waals surface area contributed by atoms with Crippen LogP contribution in [0.25, 0.3) is 0 Å². The Balaban J connectivity index is 1.41. The number of rotatable bonds is 11. The summed E-state index contributed by atoms with van der Waals surface area (Å²) in [5.74, 6) is -0.228. The summed E-state index contributed by atoms with van der Waals surface area (Å²) in [5.41, 5.74) is 1.53. The van der Waals surface area contributed by atoms with Gasteiger partial charge in [0, 0.05) is 24.1 Å². The number of amides is 1. The van der Waals surface area contributed by atoms with E-state index in [4.69, 9.17) is 9.47 Å². The van der Waals surface area contributed by atoms with Crippen molar-refractivity contribution in [1.82, 2.24) is 0 Å². The molecule has 0 atom stereocenters. The average molecular weight is 494 g/mol. The largest absolute Gasteiger partial charge is 0.748 e. The first kappa shape index (κ1) is 24.0. The molecule has 11 heteroatoms. The van der Waals surface area contributed by atoms with Gasteiger partial charge in [-0.3, -0.25) is 4.79 Å². The van der Waals surface area contributed by atoms with Gasteiger partial charge in [-0.15, -0.1) is 0 Å². The van der Waals surface area contributed by atoms with E-state index in [2.05, 4.69) is 4.74 Å². The smallest absolute Gasteiger partial charge is 0.387 e.